The van der Waals surface area contributed by atoms with E-state index in [2.05, 4.69) is 62.8 Å². The molecule has 1 aliphatic heterocycles. The Balaban J connectivity index is 1.72. The molecule has 0 aromatic heterocycles. The first-order valence-corrected chi connectivity index (χ1v) is 10.5. The summed E-state index contributed by atoms with van der Waals surface area (Å²) in [7, 11) is 0. The van der Waals surface area contributed by atoms with Gasteiger partial charge in [-0.15, -0.1) is 11.8 Å². The van der Waals surface area contributed by atoms with Crippen LogP contribution in [0.3, 0.4) is 0 Å². The van der Waals surface area contributed by atoms with Crippen LogP contribution in [0.1, 0.15) is 38.3 Å². The Morgan fingerprint density at radius 3 is 2.92 bits per heavy atom. The predicted molar refractivity (Wildman–Crippen MR) is 106 cm³/mol. The summed E-state index contributed by atoms with van der Waals surface area (Å²) in [6.45, 7) is 11.3. The highest BCUT2D eigenvalue weighted by molar-refractivity contribution is 7.98. The van der Waals surface area contributed by atoms with Gasteiger partial charge in [0.1, 0.15) is 0 Å². The van der Waals surface area contributed by atoms with Crippen LogP contribution in [-0.4, -0.2) is 37.5 Å². The Morgan fingerprint density at radius 1 is 1.40 bits per heavy atom. The standard InChI is InChI=1S/C20H31N3OS/c1-6-21-19(22-12-14-8-7-13(2)11-16(14)25-5)23-17-15-9-10-24-18(15)20(17,3)4/h7-8,11,15,17-18H,6,9-10,12H2,1-5H3,(H2,21,22,23). The van der Waals surface area contributed by atoms with Crippen molar-refractivity contribution in [2.45, 2.75) is 57.7 Å². The van der Waals surface area contributed by atoms with Gasteiger partial charge in [0.25, 0.3) is 0 Å². The van der Waals surface area contributed by atoms with Crippen LogP contribution < -0.4 is 10.6 Å². The van der Waals surface area contributed by atoms with Crippen LogP contribution in [0.4, 0.5) is 0 Å². The molecular formula is C20H31N3OS. The van der Waals surface area contributed by atoms with E-state index in [4.69, 9.17) is 9.73 Å². The molecule has 2 N–H and O–H groups in total. The summed E-state index contributed by atoms with van der Waals surface area (Å²) in [5.74, 6) is 1.53. The monoisotopic (exact) mass is 361 g/mol. The van der Waals surface area contributed by atoms with Crippen molar-refractivity contribution >= 4 is 17.7 Å². The summed E-state index contributed by atoms with van der Waals surface area (Å²) in [5.41, 5.74) is 2.74. The van der Waals surface area contributed by atoms with Crippen molar-refractivity contribution < 1.29 is 4.74 Å². The molecule has 1 aliphatic carbocycles. The van der Waals surface area contributed by atoms with Gasteiger partial charge in [-0.2, -0.15) is 0 Å². The smallest absolute Gasteiger partial charge is 0.191 e. The largest absolute Gasteiger partial charge is 0.377 e. The molecule has 0 spiro atoms. The second-order valence-electron chi connectivity index (χ2n) is 7.70. The van der Waals surface area contributed by atoms with Gasteiger partial charge in [-0.3, -0.25) is 0 Å². The highest BCUT2D eigenvalue weighted by atomic mass is 32.2. The number of hydrogen-bond acceptors (Lipinski definition) is 3. The molecule has 1 aromatic carbocycles. The maximum absolute atomic E-state index is 5.91. The van der Waals surface area contributed by atoms with Gasteiger partial charge >= 0.3 is 0 Å². The molecule has 138 valence electrons. The second-order valence-corrected chi connectivity index (χ2v) is 8.55. The number of ether oxygens (including phenoxy) is 1. The fourth-order valence-corrected chi connectivity index (χ4v) is 4.93. The van der Waals surface area contributed by atoms with Crippen molar-refractivity contribution in [1.82, 2.24) is 10.6 Å². The first kappa shape index (κ1) is 18.6. The van der Waals surface area contributed by atoms with Gasteiger partial charge in [0.15, 0.2) is 5.96 Å². The Bertz CT molecular complexity index is 644. The predicted octanol–water partition coefficient (Wildman–Crippen LogP) is 3.59. The normalized spacial score (nSPS) is 27.6. The topological polar surface area (TPSA) is 45.7 Å². The van der Waals surface area contributed by atoms with Crippen LogP contribution in [0.2, 0.25) is 0 Å². The molecule has 0 bridgehead atoms. The molecule has 2 fully saturated rings. The lowest BCUT2D eigenvalue weighted by Gasteiger charge is -2.54. The van der Waals surface area contributed by atoms with E-state index < -0.39 is 0 Å². The van der Waals surface area contributed by atoms with Crippen molar-refractivity contribution in [3.05, 3.63) is 29.3 Å². The van der Waals surface area contributed by atoms with E-state index in [1.165, 1.54) is 16.0 Å². The number of nitrogens with zero attached hydrogens (tertiary/aromatic N) is 1. The number of fused-ring (bicyclic) bond motifs is 1. The number of aliphatic imine (C=N–C) groups is 1. The van der Waals surface area contributed by atoms with Crippen molar-refractivity contribution in [2.24, 2.45) is 16.3 Å². The lowest BCUT2D eigenvalue weighted by molar-refractivity contribution is -0.106. The Labute approximate surface area is 156 Å². The Hall–Kier alpha value is -1.20. The molecule has 3 atom stereocenters. The number of benzene rings is 1. The number of hydrogen-bond donors (Lipinski definition) is 2. The van der Waals surface area contributed by atoms with Crippen molar-refractivity contribution in [3.63, 3.8) is 0 Å². The van der Waals surface area contributed by atoms with Crippen LogP contribution in [0.25, 0.3) is 0 Å². The maximum atomic E-state index is 5.91. The van der Waals surface area contributed by atoms with Crippen LogP contribution in [0, 0.1) is 18.3 Å². The molecule has 25 heavy (non-hydrogen) atoms. The zero-order valence-corrected chi connectivity index (χ0v) is 16.9. The lowest BCUT2D eigenvalue weighted by Crippen LogP contribution is -2.67. The molecule has 1 saturated carbocycles. The minimum absolute atomic E-state index is 0.158. The molecule has 3 unspecified atom stereocenters. The van der Waals surface area contributed by atoms with E-state index in [1.54, 1.807) is 11.8 Å². The third kappa shape index (κ3) is 3.68. The fourth-order valence-electron chi connectivity index (χ4n) is 4.23. The number of rotatable bonds is 5. The summed E-state index contributed by atoms with van der Waals surface area (Å²) in [5, 5.41) is 7.10. The molecular weight excluding hydrogens is 330 g/mol. The quantitative estimate of drug-likeness (QED) is 0.478. The number of guanidine groups is 1. The fraction of sp³-hybridized carbons (Fsp3) is 0.650. The van der Waals surface area contributed by atoms with Crippen LogP contribution >= 0.6 is 11.8 Å². The van der Waals surface area contributed by atoms with E-state index in [0.717, 1.165) is 25.5 Å². The summed E-state index contributed by atoms with van der Waals surface area (Å²) in [4.78, 5) is 6.18. The van der Waals surface area contributed by atoms with E-state index in [9.17, 15) is 0 Å². The van der Waals surface area contributed by atoms with E-state index in [0.29, 0.717) is 24.6 Å². The molecule has 2 aliphatic rings. The minimum atomic E-state index is 0.158. The highest BCUT2D eigenvalue weighted by Gasteiger charge is 2.59. The highest BCUT2D eigenvalue weighted by Crippen LogP contribution is 2.52. The molecule has 4 nitrogen and oxygen atoms in total. The number of nitrogens with one attached hydrogen (secondary N) is 2. The van der Waals surface area contributed by atoms with Crippen molar-refractivity contribution in [1.29, 1.82) is 0 Å². The molecule has 0 amide bonds. The molecule has 1 heterocycles. The average molecular weight is 362 g/mol. The van der Waals surface area contributed by atoms with E-state index in [-0.39, 0.29) is 5.41 Å². The Kier molecular flexibility index (Phi) is 5.64. The first-order chi connectivity index (χ1) is 12.0. The van der Waals surface area contributed by atoms with Gasteiger partial charge in [0, 0.05) is 35.4 Å². The van der Waals surface area contributed by atoms with Gasteiger partial charge < -0.3 is 15.4 Å². The van der Waals surface area contributed by atoms with Gasteiger partial charge in [0.05, 0.1) is 12.6 Å². The van der Waals surface area contributed by atoms with Gasteiger partial charge in [-0.05, 0) is 43.7 Å². The van der Waals surface area contributed by atoms with Crippen LogP contribution in [0.5, 0.6) is 0 Å². The van der Waals surface area contributed by atoms with Gasteiger partial charge in [-0.25, -0.2) is 4.99 Å². The van der Waals surface area contributed by atoms with Crippen LogP contribution in [-0.2, 0) is 11.3 Å². The summed E-state index contributed by atoms with van der Waals surface area (Å²) >= 11 is 1.79. The van der Waals surface area contributed by atoms with Crippen molar-refractivity contribution in [2.75, 3.05) is 19.4 Å². The number of aryl methyl sites for hydroxylation is 1. The van der Waals surface area contributed by atoms with Gasteiger partial charge in [0.2, 0.25) is 0 Å². The minimum Gasteiger partial charge on any atom is -0.377 e. The SMILES string of the molecule is CCNC(=NCc1ccc(C)cc1SC)NC1C2CCOC2C1(C)C. The third-order valence-corrected chi connectivity index (χ3v) is 6.41. The van der Waals surface area contributed by atoms with Crippen molar-refractivity contribution in [3.8, 4) is 0 Å². The number of thioether (sulfide) groups is 1. The molecule has 5 heteroatoms. The third-order valence-electron chi connectivity index (χ3n) is 5.59. The Morgan fingerprint density at radius 2 is 2.20 bits per heavy atom. The average Bonchev–Trinajstić information content (AvgIpc) is 3.05. The van der Waals surface area contributed by atoms with E-state index >= 15 is 0 Å². The maximum Gasteiger partial charge on any atom is 0.191 e. The molecule has 1 aromatic rings. The first-order valence-electron chi connectivity index (χ1n) is 9.27. The van der Waals surface area contributed by atoms with E-state index in [1.807, 2.05) is 0 Å². The molecule has 3 rings (SSSR count). The zero-order valence-electron chi connectivity index (χ0n) is 16.1. The zero-order chi connectivity index (χ0) is 18.0. The molecule has 1 saturated heterocycles. The summed E-state index contributed by atoms with van der Waals surface area (Å²) in [6.07, 6.45) is 3.68. The summed E-state index contributed by atoms with van der Waals surface area (Å²) < 4.78 is 5.91. The second kappa shape index (κ2) is 7.58. The van der Waals surface area contributed by atoms with Crippen LogP contribution in [0.15, 0.2) is 28.1 Å². The summed E-state index contributed by atoms with van der Waals surface area (Å²) in [6, 6.07) is 7.03. The molecule has 0 radical (unpaired) electrons. The lowest BCUT2D eigenvalue weighted by atomic mass is 9.57. The van der Waals surface area contributed by atoms with Gasteiger partial charge in [-0.1, -0.05) is 26.0 Å².